The lowest BCUT2D eigenvalue weighted by Gasteiger charge is -2.17. The second-order valence-electron chi connectivity index (χ2n) is 7.55. The number of carbonyl (C=O) groups excluding carboxylic acids is 1. The molecular formula is C25H28NO6P. The lowest BCUT2D eigenvalue weighted by atomic mass is 10.0. The molecule has 0 radical (unpaired) electrons. The van der Waals surface area contributed by atoms with Crippen molar-refractivity contribution in [2.24, 2.45) is 0 Å². The van der Waals surface area contributed by atoms with E-state index in [-0.39, 0.29) is 25.8 Å². The zero-order valence-corrected chi connectivity index (χ0v) is 19.6. The van der Waals surface area contributed by atoms with E-state index in [4.69, 9.17) is 9.05 Å². The number of nitrogens with one attached hydrogen (secondary N) is 1. The molecule has 0 saturated heterocycles. The Balaban J connectivity index is 1.68. The number of carbonyl (C=O) groups is 2. The molecular weight excluding hydrogens is 441 g/mol. The van der Waals surface area contributed by atoms with E-state index in [1.54, 1.807) is 38.1 Å². The van der Waals surface area contributed by atoms with Gasteiger partial charge in [0.25, 0.3) is 5.91 Å². The van der Waals surface area contributed by atoms with Crippen molar-refractivity contribution < 1.29 is 28.3 Å². The third kappa shape index (κ3) is 6.75. The number of fused-ring (bicyclic) bond motifs is 1. The lowest BCUT2D eigenvalue weighted by molar-refractivity contribution is -0.139. The van der Waals surface area contributed by atoms with Gasteiger partial charge in [0, 0.05) is 12.0 Å². The molecule has 7 nitrogen and oxygen atoms in total. The average Bonchev–Trinajstić information content (AvgIpc) is 2.79. The van der Waals surface area contributed by atoms with Crippen molar-refractivity contribution in [2.75, 3.05) is 13.2 Å². The number of hydrogen-bond acceptors (Lipinski definition) is 5. The summed E-state index contributed by atoms with van der Waals surface area (Å²) in [5, 5.41) is 14.3. The highest BCUT2D eigenvalue weighted by molar-refractivity contribution is 7.53. The van der Waals surface area contributed by atoms with Crippen molar-refractivity contribution in [2.45, 2.75) is 32.5 Å². The van der Waals surface area contributed by atoms with Gasteiger partial charge in [0.1, 0.15) is 6.04 Å². The van der Waals surface area contributed by atoms with Crippen LogP contribution < -0.4 is 5.32 Å². The molecule has 2 N–H and O–H groups in total. The molecule has 0 unspecified atom stereocenters. The van der Waals surface area contributed by atoms with E-state index < -0.39 is 25.5 Å². The Kier molecular flexibility index (Phi) is 8.39. The number of amides is 1. The number of hydrogen-bond donors (Lipinski definition) is 2. The Morgan fingerprint density at radius 1 is 0.909 bits per heavy atom. The van der Waals surface area contributed by atoms with Crippen LogP contribution in [-0.4, -0.2) is 36.2 Å². The molecule has 3 aromatic carbocycles. The molecule has 3 aromatic rings. The third-order valence-electron chi connectivity index (χ3n) is 5.10. The van der Waals surface area contributed by atoms with Crippen LogP contribution in [0.3, 0.4) is 0 Å². The van der Waals surface area contributed by atoms with Gasteiger partial charge in [-0.05, 0) is 47.9 Å². The molecule has 0 bridgehead atoms. The first-order valence-electron chi connectivity index (χ1n) is 10.8. The number of carboxylic acid groups (broad SMARTS) is 1. The van der Waals surface area contributed by atoms with Crippen molar-refractivity contribution in [3.63, 3.8) is 0 Å². The van der Waals surface area contributed by atoms with Crippen molar-refractivity contribution in [1.29, 1.82) is 0 Å². The van der Waals surface area contributed by atoms with E-state index in [2.05, 4.69) is 5.32 Å². The quantitative estimate of drug-likeness (QED) is 0.382. The maximum absolute atomic E-state index is 12.7. The van der Waals surface area contributed by atoms with Crippen molar-refractivity contribution in [3.05, 3.63) is 83.4 Å². The predicted octanol–water partition coefficient (Wildman–Crippen LogP) is 5.03. The zero-order chi connectivity index (χ0) is 23.8. The van der Waals surface area contributed by atoms with E-state index in [1.807, 2.05) is 42.5 Å². The van der Waals surface area contributed by atoms with Gasteiger partial charge >= 0.3 is 13.6 Å². The number of benzene rings is 3. The Bertz CT molecular complexity index is 1150. The molecule has 3 rings (SSSR count). The molecule has 33 heavy (non-hydrogen) atoms. The first kappa shape index (κ1) is 24.6. The molecule has 0 aliphatic rings. The molecule has 1 amide bonds. The van der Waals surface area contributed by atoms with Gasteiger partial charge in [0.05, 0.1) is 19.4 Å². The minimum atomic E-state index is -3.25. The number of aliphatic carboxylic acids is 1. The fourth-order valence-corrected chi connectivity index (χ4v) is 5.25. The maximum atomic E-state index is 12.7. The smallest absolute Gasteiger partial charge is 0.335 e. The van der Waals surface area contributed by atoms with Crippen LogP contribution in [0.2, 0.25) is 0 Å². The van der Waals surface area contributed by atoms with Gasteiger partial charge in [-0.25, -0.2) is 4.79 Å². The topological polar surface area (TPSA) is 102 Å². The molecule has 8 heteroatoms. The van der Waals surface area contributed by atoms with E-state index in [0.29, 0.717) is 11.1 Å². The highest BCUT2D eigenvalue weighted by Gasteiger charge is 2.25. The highest BCUT2D eigenvalue weighted by atomic mass is 31.2. The largest absolute Gasteiger partial charge is 0.480 e. The number of rotatable bonds is 11. The van der Waals surface area contributed by atoms with Gasteiger partial charge in [-0.3, -0.25) is 9.36 Å². The minimum Gasteiger partial charge on any atom is -0.480 e. The van der Waals surface area contributed by atoms with Gasteiger partial charge in [-0.1, -0.05) is 54.6 Å². The summed E-state index contributed by atoms with van der Waals surface area (Å²) in [6.45, 7) is 4.03. The first-order chi connectivity index (χ1) is 15.8. The summed E-state index contributed by atoms with van der Waals surface area (Å²) in [7, 11) is -3.25. The molecule has 174 valence electrons. The molecule has 0 fully saturated rings. The molecule has 0 spiro atoms. The standard InChI is InChI=1S/C25H28NO6P/c1-3-31-33(30,32-4-2)17-18-9-13-21(14-10-18)24(27)26-23(25(28)29)16-19-11-12-20-7-5-6-8-22(20)15-19/h5-15,23H,3-4,16-17H2,1-2H3,(H,26,27)(H,28,29)/t23-/m0/s1. The van der Waals surface area contributed by atoms with Crippen molar-refractivity contribution in [3.8, 4) is 0 Å². The van der Waals surface area contributed by atoms with Crippen LogP contribution in [0.4, 0.5) is 0 Å². The second kappa shape index (κ2) is 11.2. The summed E-state index contributed by atoms with van der Waals surface area (Å²) in [6, 6.07) is 19.0. The molecule has 0 saturated carbocycles. The Hall–Kier alpha value is -2.99. The van der Waals surface area contributed by atoms with Crippen LogP contribution in [0.25, 0.3) is 10.8 Å². The minimum absolute atomic E-state index is 0.0935. The Morgan fingerprint density at radius 2 is 1.52 bits per heavy atom. The first-order valence-corrected chi connectivity index (χ1v) is 12.5. The summed E-state index contributed by atoms with van der Waals surface area (Å²) in [4.78, 5) is 24.5. The molecule has 0 aliphatic carbocycles. The lowest BCUT2D eigenvalue weighted by Crippen LogP contribution is -2.42. The monoisotopic (exact) mass is 469 g/mol. The SMILES string of the molecule is CCOP(=O)(Cc1ccc(C(=O)N[C@@H](Cc2ccc3ccccc3c2)C(=O)O)cc1)OCC. The second-order valence-corrected chi connectivity index (χ2v) is 9.61. The predicted molar refractivity (Wildman–Crippen MR) is 128 cm³/mol. The zero-order valence-electron chi connectivity index (χ0n) is 18.7. The van der Waals surface area contributed by atoms with Crippen LogP contribution in [0.1, 0.15) is 35.3 Å². The van der Waals surface area contributed by atoms with Crippen molar-refractivity contribution in [1.82, 2.24) is 5.32 Å². The Labute approximate surface area is 193 Å². The maximum Gasteiger partial charge on any atom is 0.335 e. The van der Waals surface area contributed by atoms with Crippen LogP contribution >= 0.6 is 7.60 Å². The fraction of sp³-hybridized carbons (Fsp3) is 0.280. The summed E-state index contributed by atoms with van der Waals surface area (Å²) in [6.07, 6.45) is 0.256. The highest BCUT2D eigenvalue weighted by Crippen LogP contribution is 2.51. The summed E-state index contributed by atoms with van der Waals surface area (Å²) >= 11 is 0. The van der Waals surface area contributed by atoms with Crippen LogP contribution in [0, 0.1) is 0 Å². The van der Waals surface area contributed by atoms with Crippen LogP contribution in [-0.2, 0) is 31.0 Å². The normalized spacial score (nSPS) is 12.4. The van der Waals surface area contributed by atoms with Crippen molar-refractivity contribution >= 4 is 30.2 Å². The van der Waals surface area contributed by atoms with Crippen LogP contribution in [0.5, 0.6) is 0 Å². The van der Waals surface area contributed by atoms with E-state index in [9.17, 15) is 19.3 Å². The van der Waals surface area contributed by atoms with E-state index >= 15 is 0 Å². The van der Waals surface area contributed by atoms with E-state index in [1.165, 1.54) is 0 Å². The van der Waals surface area contributed by atoms with Gasteiger partial charge in [0.2, 0.25) is 0 Å². The molecule has 0 aromatic heterocycles. The van der Waals surface area contributed by atoms with Gasteiger partial charge in [-0.15, -0.1) is 0 Å². The average molecular weight is 469 g/mol. The summed E-state index contributed by atoms with van der Waals surface area (Å²) in [5.74, 6) is -1.60. The molecule has 0 heterocycles. The Morgan fingerprint density at radius 3 is 2.12 bits per heavy atom. The number of carboxylic acids is 1. The summed E-state index contributed by atoms with van der Waals surface area (Å²) in [5.41, 5.74) is 1.83. The van der Waals surface area contributed by atoms with Gasteiger partial charge < -0.3 is 19.5 Å². The third-order valence-corrected chi connectivity index (χ3v) is 7.16. The molecule has 1 atom stereocenters. The van der Waals surface area contributed by atoms with Gasteiger partial charge in [0.15, 0.2) is 0 Å². The summed E-state index contributed by atoms with van der Waals surface area (Å²) < 4.78 is 23.3. The van der Waals surface area contributed by atoms with E-state index in [0.717, 1.165) is 16.3 Å². The van der Waals surface area contributed by atoms with Gasteiger partial charge in [-0.2, -0.15) is 0 Å². The van der Waals surface area contributed by atoms with Crippen LogP contribution in [0.15, 0.2) is 66.7 Å². The molecule has 0 aliphatic heterocycles. The fourth-order valence-electron chi connectivity index (χ4n) is 3.55.